The molecule has 0 aliphatic heterocycles. The average Bonchev–Trinajstić information content (AvgIpc) is 2.86. The lowest BCUT2D eigenvalue weighted by Gasteiger charge is -2.16. The lowest BCUT2D eigenvalue weighted by molar-refractivity contribution is 0.318. The maximum atomic E-state index is 6.21. The van der Waals surface area contributed by atoms with Gasteiger partial charge < -0.3 is 5.32 Å². The quantitative estimate of drug-likeness (QED) is 0.877. The molecule has 0 amide bonds. The van der Waals surface area contributed by atoms with Crippen LogP contribution in [-0.4, -0.2) is 23.5 Å². The Kier molecular flexibility index (Phi) is 5.19. The summed E-state index contributed by atoms with van der Waals surface area (Å²) in [6.45, 7) is 4.58. The van der Waals surface area contributed by atoms with Crippen molar-refractivity contribution in [2.75, 3.05) is 18.9 Å². The number of anilines is 1. The summed E-state index contributed by atoms with van der Waals surface area (Å²) in [6, 6.07) is 8.03. The summed E-state index contributed by atoms with van der Waals surface area (Å²) in [5, 5.41) is 6.03. The van der Waals surface area contributed by atoms with Crippen LogP contribution in [0.4, 0.5) is 5.82 Å². The smallest absolute Gasteiger partial charge is 0.126 e. The van der Waals surface area contributed by atoms with Crippen molar-refractivity contribution in [3.05, 3.63) is 45.2 Å². The largest absolute Gasteiger partial charge is 0.370 e. The van der Waals surface area contributed by atoms with Gasteiger partial charge >= 0.3 is 0 Å². The van der Waals surface area contributed by atoms with Crippen LogP contribution in [0.25, 0.3) is 0 Å². The summed E-state index contributed by atoms with van der Waals surface area (Å²) in [5.41, 5.74) is 0.916. The zero-order valence-electron chi connectivity index (χ0n) is 11.2. The molecular weight excluding hydrogens is 278 g/mol. The van der Waals surface area contributed by atoms with Crippen molar-refractivity contribution in [1.82, 2.24) is 9.88 Å². The van der Waals surface area contributed by atoms with Crippen LogP contribution in [0, 0.1) is 0 Å². The second-order valence-corrected chi connectivity index (χ2v) is 5.85. The summed E-state index contributed by atoms with van der Waals surface area (Å²) in [7, 11) is 2.08. The highest BCUT2D eigenvalue weighted by Crippen LogP contribution is 2.19. The second-order valence-electron chi connectivity index (χ2n) is 4.41. The van der Waals surface area contributed by atoms with Crippen LogP contribution in [0.3, 0.4) is 0 Å². The number of aromatic nitrogens is 1. The van der Waals surface area contributed by atoms with Gasteiger partial charge in [0.15, 0.2) is 0 Å². The summed E-state index contributed by atoms with van der Waals surface area (Å²) < 4.78 is 0. The number of nitrogens with one attached hydrogen (secondary N) is 1. The van der Waals surface area contributed by atoms with E-state index in [-0.39, 0.29) is 0 Å². The molecule has 0 unspecified atom stereocenters. The number of halogens is 1. The molecule has 2 heterocycles. The minimum Gasteiger partial charge on any atom is -0.370 e. The molecule has 0 atom stereocenters. The molecule has 2 aromatic heterocycles. The molecule has 2 aromatic rings. The van der Waals surface area contributed by atoms with E-state index in [1.54, 1.807) is 11.3 Å². The highest BCUT2D eigenvalue weighted by Gasteiger charge is 2.08. The third-order valence-corrected chi connectivity index (χ3v) is 3.91. The third-order valence-electron chi connectivity index (χ3n) is 2.70. The lowest BCUT2D eigenvalue weighted by Crippen LogP contribution is -2.18. The van der Waals surface area contributed by atoms with E-state index >= 15 is 0 Å². The van der Waals surface area contributed by atoms with E-state index in [9.17, 15) is 0 Å². The maximum absolute atomic E-state index is 6.21. The predicted molar refractivity (Wildman–Crippen MR) is 82.9 cm³/mol. The second kappa shape index (κ2) is 6.89. The minimum absolute atomic E-state index is 0.722. The first-order valence-corrected chi connectivity index (χ1v) is 7.55. The Bertz CT molecular complexity index is 513. The Labute approximate surface area is 123 Å². The third kappa shape index (κ3) is 4.20. The van der Waals surface area contributed by atoms with Crippen LogP contribution in [-0.2, 0) is 13.1 Å². The molecule has 0 fully saturated rings. The summed E-state index contributed by atoms with van der Waals surface area (Å²) in [6.07, 6.45) is 0. The van der Waals surface area contributed by atoms with E-state index in [0.29, 0.717) is 0 Å². The van der Waals surface area contributed by atoms with Crippen LogP contribution in [0.15, 0.2) is 29.6 Å². The Balaban J connectivity index is 2.02. The van der Waals surface area contributed by atoms with Crippen LogP contribution in [0.2, 0.25) is 5.02 Å². The van der Waals surface area contributed by atoms with Gasteiger partial charge in [0.25, 0.3) is 0 Å². The first kappa shape index (κ1) is 14.3. The fraction of sp³-hybridized carbons (Fsp3) is 0.357. The average molecular weight is 296 g/mol. The van der Waals surface area contributed by atoms with Gasteiger partial charge in [-0.05, 0) is 37.6 Å². The van der Waals surface area contributed by atoms with E-state index < -0.39 is 0 Å². The predicted octanol–water partition coefficient (Wildman–Crippen LogP) is 3.86. The molecule has 0 bridgehead atoms. The molecule has 0 aromatic carbocycles. The van der Waals surface area contributed by atoms with Crippen molar-refractivity contribution >= 4 is 28.8 Å². The number of nitrogens with zero attached hydrogens (tertiary/aromatic N) is 2. The topological polar surface area (TPSA) is 28.2 Å². The summed E-state index contributed by atoms with van der Waals surface area (Å²) >= 11 is 7.98. The van der Waals surface area contributed by atoms with Gasteiger partial charge in [-0.2, -0.15) is 0 Å². The monoisotopic (exact) mass is 295 g/mol. The summed E-state index contributed by atoms with van der Waals surface area (Å²) in [4.78, 5) is 8.12. The zero-order valence-corrected chi connectivity index (χ0v) is 12.8. The molecule has 0 spiro atoms. The van der Waals surface area contributed by atoms with Gasteiger partial charge in [-0.25, -0.2) is 4.98 Å². The fourth-order valence-electron chi connectivity index (χ4n) is 1.85. The highest BCUT2D eigenvalue weighted by atomic mass is 35.5. The molecule has 2 rings (SSSR count). The van der Waals surface area contributed by atoms with Crippen molar-refractivity contribution in [1.29, 1.82) is 0 Å². The first-order chi connectivity index (χ1) is 9.19. The standard InChI is InChI=1S/C14H18ClN3S/c1-3-16-14-7-6-12(15)13(17-14)10-18(2)9-11-5-4-8-19-11/h4-8H,3,9-10H2,1-2H3,(H,16,17). The Hall–Kier alpha value is -1.10. The van der Waals surface area contributed by atoms with Crippen LogP contribution >= 0.6 is 22.9 Å². The molecule has 0 saturated carbocycles. The van der Waals surface area contributed by atoms with E-state index in [2.05, 4.69) is 46.7 Å². The number of pyridine rings is 1. The van der Waals surface area contributed by atoms with Crippen molar-refractivity contribution < 1.29 is 0 Å². The van der Waals surface area contributed by atoms with Crippen LogP contribution < -0.4 is 5.32 Å². The van der Waals surface area contributed by atoms with Crippen molar-refractivity contribution in [2.24, 2.45) is 0 Å². The van der Waals surface area contributed by atoms with E-state index in [1.165, 1.54) is 4.88 Å². The molecule has 0 aliphatic carbocycles. The Morgan fingerprint density at radius 3 is 2.84 bits per heavy atom. The van der Waals surface area contributed by atoms with Crippen LogP contribution in [0.5, 0.6) is 0 Å². The van der Waals surface area contributed by atoms with Crippen molar-refractivity contribution in [3.63, 3.8) is 0 Å². The minimum atomic E-state index is 0.722. The molecule has 3 nitrogen and oxygen atoms in total. The first-order valence-electron chi connectivity index (χ1n) is 6.29. The number of rotatable bonds is 6. The Morgan fingerprint density at radius 1 is 1.32 bits per heavy atom. The van der Waals surface area contributed by atoms with Gasteiger partial charge in [-0.15, -0.1) is 11.3 Å². The van der Waals surface area contributed by atoms with E-state index in [0.717, 1.165) is 36.2 Å². The molecule has 5 heteroatoms. The van der Waals surface area contributed by atoms with Gasteiger partial charge in [0.1, 0.15) is 5.82 Å². The molecule has 102 valence electrons. The van der Waals surface area contributed by atoms with Gasteiger partial charge in [0, 0.05) is 24.5 Å². The maximum Gasteiger partial charge on any atom is 0.126 e. The lowest BCUT2D eigenvalue weighted by atomic mass is 10.3. The molecule has 0 radical (unpaired) electrons. The van der Waals surface area contributed by atoms with Crippen LogP contribution in [0.1, 0.15) is 17.5 Å². The van der Waals surface area contributed by atoms with E-state index in [1.807, 2.05) is 12.1 Å². The van der Waals surface area contributed by atoms with Gasteiger partial charge in [-0.1, -0.05) is 17.7 Å². The Morgan fingerprint density at radius 2 is 2.16 bits per heavy atom. The molecule has 1 N–H and O–H groups in total. The zero-order chi connectivity index (χ0) is 13.7. The van der Waals surface area contributed by atoms with E-state index in [4.69, 9.17) is 11.6 Å². The fourth-order valence-corrected chi connectivity index (χ4v) is 2.80. The SMILES string of the molecule is CCNc1ccc(Cl)c(CN(C)Cc2cccs2)n1. The molecule has 19 heavy (non-hydrogen) atoms. The number of hydrogen-bond acceptors (Lipinski definition) is 4. The number of thiophene rings is 1. The van der Waals surface area contributed by atoms with Gasteiger partial charge in [0.2, 0.25) is 0 Å². The number of hydrogen-bond donors (Lipinski definition) is 1. The molecule has 0 saturated heterocycles. The highest BCUT2D eigenvalue weighted by molar-refractivity contribution is 7.09. The van der Waals surface area contributed by atoms with Gasteiger partial charge in [-0.3, -0.25) is 4.90 Å². The van der Waals surface area contributed by atoms with Crippen molar-refractivity contribution in [3.8, 4) is 0 Å². The van der Waals surface area contributed by atoms with Gasteiger partial charge in [0.05, 0.1) is 10.7 Å². The summed E-state index contributed by atoms with van der Waals surface area (Å²) in [5.74, 6) is 0.881. The molecule has 0 aliphatic rings. The van der Waals surface area contributed by atoms with Crippen molar-refractivity contribution in [2.45, 2.75) is 20.0 Å². The molecular formula is C14H18ClN3S. The normalized spacial score (nSPS) is 10.9.